The number of nitrogens with one attached hydrogen (secondary N) is 1. The summed E-state index contributed by atoms with van der Waals surface area (Å²) in [5, 5.41) is 8.05. The van der Waals surface area contributed by atoms with Crippen molar-refractivity contribution in [3.05, 3.63) is 24.3 Å². The van der Waals surface area contributed by atoms with E-state index in [-0.39, 0.29) is 5.91 Å². The number of rotatable bonds is 7. The molecule has 0 radical (unpaired) electrons. The average Bonchev–Trinajstić information content (AvgIpc) is 3.10. The Morgan fingerprint density at radius 3 is 2.56 bits per heavy atom. The third-order valence-electron chi connectivity index (χ3n) is 3.85. The molecule has 0 aliphatic carbocycles. The highest BCUT2D eigenvalue weighted by molar-refractivity contribution is 7.99. The fourth-order valence-electron chi connectivity index (χ4n) is 2.92. The lowest BCUT2D eigenvalue weighted by Crippen LogP contribution is -2.38. The molecule has 2 heterocycles. The molecule has 7 heteroatoms. The lowest BCUT2D eigenvalue weighted by Gasteiger charge is -2.26. The summed E-state index contributed by atoms with van der Waals surface area (Å²) in [7, 11) is 0. The van der Waals surface area contributed by atoms with Gasteiger partial charge in [-0.1, -0.05) is 51.6 Å². The van der Waals surface area contributed by atoms with Crippen molar-refractivity contribution in [2.24, 2.45) is 11.8 Å². The van der Waals surface area contributed by atoms with Gasteiger partial charge in [-0.15, -0.1) is 5.10 Å². The SMILES string of the molecule is CC(C)CN(CC(C)C)C(=O)CSc1n[nH]c2nc3ccccc3n12. The molecule has 3 rings (SSSR count). The van der Waals surface area contributed by atoms with Crippen LogP contribution < -0.4 is 0 Å². The second-order valence-corrected chi connectivity index (χ2v) is 8.08. The van der Waals surface area contributed by atoms with Gasteiger partial charge in [0.25, 0.3) is 0 Å². The number of para-hydroxylation sites is 2. The molecular formula is C18H25N5OS. The van der Waals surface area contributed by atoms with Gasteiger partial charge in [0.2, 0.25) is 11.7 Å². The van der Waals surface area contributed by atoms with Crippen molar-refractivity contribution in [2.75, 3.05) is 18.8 Å². The van der Waals surface area contributed by atoms with Crippen LogP contribution in [0.15, 0.2) is 29.4 Å². The van der Waals surface area contributed by atoms with Gasteiger partial charge in [0.05, 0.1) is 16.8 Å². The molecule has 0 saturated heterocycles. The summed E-state index contributed by atoms with van der Waals surface area (Å²) in [4.78, 5) is 19.2. The van der Waals surface area contributed by atoms with Crippen molar-refractivity contribution in [2.45, 2.75) is 32.9 Å². The number of aromatic nitrogens is 4. The van der Waals surface area contributed by atoms with Crippen LogP contribution in [-0.4, -0.2) is 49.2 Å². The van der Waals surface area contributed by atoms with E-state index < -0.39 is 0 Å². The van der Waals surface area contributed by atoms with Gasteiger partial charge in [-0.3, -0.25) is 9.20 Å². The molecule has 0 fully saturated rings. The molecule has 3 aromatic rings. The zero-order valence-corrected chi connectivity index (χ0v) is 16.0. The molecule has 0 aliphatic rings. The minimum absolute atomic E-state index is 0.160. The van der Waals surface area contributed by atoms with Gasteiger partial charge in [-0.25, -0.2) is 10.1 Å². The largest absolute Gasteiger partial charge is 0.341 e. The normalized spacial score (nSPS) is 11.9. The Morgan fingerprint density at radius 2 is 1.88 bits per heavy atom. The Balaban J connectivity index is 1.76. The third-order valence-corrected chi connectivity index (χ3v) is 4.78. The Labute approximate surface area is 152 Å². The zero-order chi connectivity index (χ0) is 18.0. The Bertz CT molecular complexity index is 857. The summed E-state index contributed by atoms with van der Waals surface area (Å²) >= 11 is 1.46. The topological polar surface area (TPSA) is 66.3 Å². The lowest BCUT2D eigenvalue weighted by molar-refractivity contribution is -0.129. The van der Waals surface area contributed by atoms with Gasteiger partial charge >= 0.3 is 0 Å². The highest BCUT2D eigenvalue weighted by Crippen LogP contribution is 2.23. The monoisotopic (exact) mass is 359 g/mol. The molecule has 134 valence electrons. The molecule has 6 nitrogen and oxygen atoms in total. The van der Waals surface area contributed by atoms with Gasteiger partial charge < -0.3 is 4.90 Å². The first kappa shape index (κ1) is 17.8. The van der Waals surface area contributed by atoms with Crippen LogP contribution in [0.25, 0.3) is 16.8 Å². The van der Waals surface area contributed by atoms with Crippen LogP contribution in [0.1, 0.15) is 27.7 Å². The van der Waals surface area contributed by atoms with Gasteiger partial charge in [0.15, 0.2) is 5.16 Å². The highest BCUT2D eigenvalue weighted by atomic mass is 32.2. The van der Waals surface area contributed by atoms with Crippen molar-refractivity contribution >= 4 is 34.5 Å². The zero-order valence-electron chi connectivity index (χ0n) is 15.2. The molecule has 1 N–H and O–H groups in total. The van der Waals surface area contributed by atoms with E-state index in [4.69, 9.17) is 0 Å². The van der Waals surface area contributed by atoms with Crippen molar-refractivity contribution in [3.63, 3.8) is 0 Å². The van der Waals surface area contributed by atoms with Crippen molar-refractivity contribution in [1.29, 1.82) is 0 Å². The van der Waals surface area contributed by atoms with Crippen LogP contribution in [0, 0.1) is 11.8 Å². The fourth-order valence-corrected chi connectivity index (χ4v) is 3.78. The summed E-state index contributed by atoms with van der Waals surface area (Å²) in [6, 6.07) is 7.94. The minimum Gasteiger partial charge on any atom is -0.341 e. The number of fused-ring (bicyclic) bond motifs is 3. The number of H-pyrrole nitrogens is 1. The van der Waals surface area contributed by atoms with Crippen molar-refractivity contribution < 1.29 is 4.79 Å². The molecule has 0 aliphatic heterocycles. The summed E-state index contributed by atoms with van der Waals surface area (Å²) in [6.07, 6.45) is 0. The molecule has 1 amide bonds. The Hall–Kier alpha value is -2.02. The molecule has 0 unspecified atom stereocenters. The van der Waals surface area contributed by atoms with Gasteiger partial charge in [0, 0.05) is 13.1 Å². The first-order valence-electron chi connectivity index (χ1n) is 8.68. The Kier molecular flexibility index (Phi) is 5.32. The number of nitrogens with zero attached hydrogens (tertiary/aromatic N) is 4. The number of hydrogen-bond donors (Lipinski definition) is 1. The number of imidazole rings is 1. The van der Waals surface area contributed by atoms with Gasteiger partial charge in [-0.05, 0) is 24.0 Å². The van der Waals surface area contributed by atoms with Gasteiger partial charge in [-0.2, -0.15) is 0 Å². The number of aromatic amines is 1. The van der Waals surface area contributed by atoms with Crippen LogP contribution >= 0.6 is 11.8 Å². The van der Waals surface area contributed by atoms with E-state index in [9.17, 15) is 4.79 Å². The second-order valence-electron chi connectivity index (χ2n) is 7.14. The maximum Gasteiger partial charge on any atom is 0.233 e. The van der Waals surface area contributed by atoms with E-state index in [2.05, 4.69) is 42.9 Å². The lowest BCUT2D eigenvalue weighted by atomic mass is 10.1. The predicted molar refractivity (Wildman–Crippen MR) is 102 cm³/mol. The first-order valence-corrected chi connectivity index (χ1v) is 9.66. The van der Waals surface area contributed by atoms with E-state index in [0.29, 0.717) is 23.4 Å². The standard InChI is InChI=1S/C18H25N5OS/c1-12(2)9-22(10-13(3)4)16(24)11-25-18-21-20-17-19-14-7-5-6-8-15(14)23(17)18/h5-8,12-13H,9-11H2,1-4H3,(H,19,20). The summed E-state index contributed by atoms with van der Waals surface area (Å²) in [5.74, 6) is 2.17. The molecule has 1 aromatic carbocycles. The number of carbonyl (C=O) groups is 1. The van der Waals surface area contributed by atoms with E-state index in [1.54, 1.807) is 0 Å². The second kappa shape index (κ2) is 7.47. The van der Waals surface area contributed by atoms with Crippen molar-refractivity contribution in [1.82, 2.24) is 24.5 Å². The molecule has 0 bridgehead atoms. The molecular weight excluding hydrogens is 334 g/mol. The summed E-state index contributed by atoms with van der Waals surface area (Å²) < 4.78 is 1.97. The molecule has 0 saturated carbocycles. The number of hydrogen-bond acceptors (Lipinski definition) is 4. The van der Waals surface area contributed by atoms with E-state index >= 15 is 0 Å². The fraction of sp³-hybridized carbons (Fsp3) is 0.500. The highest BCUT2D eigenvalue weighted by Gasteiger charge is 2.18. The predicted octanol–water partition coefficient (Wildman–Crippen LogP) is 3.44. The van der Waals surface area contributed by atoms with Crippen molar-refractivity contribution in [3.8, 4) is 0 Å². The number of carbonyl (C=O) groups excluding carboxylic acids is 1. The average molecular weight is 359 g/mol. The van der Waals surface area contributed by atoms with E-state index in [0.717, 1.165) is 29.3 Å². The Morgan fingerprint density at radius 1 is 1.20 bits per heavy atom. The smallest absolute Gasteiger partial charge is 0.233 e. The number of amides is 1. The van der Waals surface area contributed by atoms with Gasteiger partial charge in [0.1, 0.15) is 0 Å². The molecule has 2 aromatic heterocycles. The maximum atomic E-state index is 12.7. The quantitative estimate of drug-likeness (QED) is 0.656. The number of thioether (sulfide) groups is 1. The third kappa shape index (κ3) is 3.98. The molecule has 0 atom stereocenters. The van der Waals surface area contributed by atoms with Crippen LogP contribution in [-0.2, 0) is 4.79 Å². The van der Waals surface area contributed by atoms with Crippen LogP contribution in [0.3, 0.4) is 0 Å². The molecule has 25 heavy (non-hydrogen) atoms. The van der Waals surface area contributed by atoms with Crippen LogP contribution in [0.2, 0.25) is 0 Å². The molecule has 0 spiro atoms. The van der Waals surface area contributed by atoms with E-state index in [1.165, 1.54) is 11.8 Å². The maximum absolute atomic E-state index is 12.7. The summed E-state index contributed by atoms with van der Waals surface area (Å²) in [6.45, 7) is 10.2. The van der Waals surface area contributed by atoms with Crippen LogP contribution in [0.5, 0.6) is 0 Å². The van der Waals surface area contributed by atoms with Crippen LogP contribution in [0.4, 0.5) is 0 Å². The van der Waals surface area contributed by atoms with E-state index in [1.807, 2.05) is 33.6 Å². The first-order chi connectivity index (χ1) is 12.0. The number of benzene rings is 1. The summed E-state index contributed by atoms with van der Waals surface area (Å²) in [5.41, 5.74) is 1.92. The minimum atomic E-state index is 0.160.